The number of carboxylic acids is 1. The second-order valence-corrected chi connectivity index (χ2v) is 4.91. The first-order chi connectivity index (χ1) is 8.58. The van der Waals surface area contributed by atoms with Crippen LogP contribution in [0.15, 0.2) is 23.4 Å². The third-order valence-electron chi connectivity index (χ3n) is 2.31. The Labute approximate surface area is 113 Å². The van der Waals surface area contributed by atoms with Gasteiger partial charge in [-0.25, -0.2) is 4.98 Å². The molecule has 7 heteroatoms. The average Bonchev–Trinajstić information content (AvgIpc) is 2.78. The highest BCUT2D eigenvalue weighted by molar-refractivity contribution is 7.99. The highest BCUT2D eigenvalue weighted by Crippen LogP contribution is 2.26. The molecular weight excluding hydrogens is 274 g/mol. The van der Waals surface area contributed by atoms with Gasteiger partial charge < -0.3 is 5.11 Å². The first kappa shape index (κ1) is 12.9. The Bertz CT molecular complexity index is 585. The molecule has 5 nitrogen and oxygen atoms in total. The number of carbonyl (C=O) groups is 1. The summed E-state index contributed by atoms with van der Waals surface area (Å²) in [5, 5.41) is 16.4. The van der Waals surface area contributed by atoms with Gasteiger partial charge in [0.2, 0.25) is 5.16 Å². The smallest absolute Gasteiger partial charge is 0.313 e. The maximum Gasteiger partial charge on any atom is 0.313 e. The lowest BCUT2D eigenvalue weighted by atomic mass is 10.1. The van der Waals surface area contributed by atoms with Gasteiger partial charge in [-0.05, 0) is 18.6 Å². The maximum atomic E-state index is 10.4. The van der Waals surface area contributed by atoms with Crippen LogP contribution >= 0.6 is 23.4 Å². The first-order valence-electron chi connectivity index (χ1n) is 5.10. The molecule has 0 aliphatic heterocycles. The molecule has 0 amide bonds. The van der Waals surface area contributed by atoms with Crippen LogP contribution in [0.5, 0.6) is 0 Å². The minimum atomic E-state index is -0.898. The molecule has 0 unspecified atom stereocenters. The number of carboxylic acid groups (broad SMARTS) is 1. The van der Waals surface area contributed by atoms with Gasteiger partial charge in [0.1, 0.15) is 0 Å². The number of aromatic amines is 1. The van der Waals surface area contributed by atoms with Crippen molar-refractivity contribution in [3.05, 3.63) is 28.8 Å². The standard InChI is InChI=1S/C11H10ClN3O2S/c1-6-7(3-2-4-8(6)12)10-13-11(15-14-10)18-5-9(16)17/h2-4H,5H2,1H3,(H,16,17)(H,13,14,15). The predicted molar refractivity (Wildman–Crippen MR) is 69.9 cm³/mol. The van der Waals surface area contributed by atoms with E-state index in [0.29, 0.717) is 16.0 Å². The molecule has 94 valence electrons. The van der Waals surface area contributed by atoms with E-state index in [0.717, 1.165) is 22.9 Å². The minimum Gasteiger partial charge on any atom is -0.481 e. The lowest BCUT2D eigenvalue weighted by Gasteiger charge is -2.02. The van der Waals surface area contributed by atoms with Crippen molar-refractivity contribution in [1.29, 1.82) is 0 Å². The van der Waals surface area contributed by atoms with Gasteiger partial charge in [0.25, 0.3) is 0 Å². The van der Waals surface area contributed by atoms with Gasteiger partial charge in [-0.3, -0.25) is 9.89 Å². The van der Waals surface area contributed by atoms with E-state index in [2.05, 4.69) is 15.2 Å². The van der Waals surface area contributed by atoms with Crippen LogP contribution in [0.1, 0.15) is 5.56 Å². The Kier molecular flexibility index (Phi) is 3.88. The van der Waals surface area contributed by atoms with E-state index in [1.807, 2.05) is 19.1 Å². The van der Waals surface area contributed by atoms with Crippen molar-refractivity contribution in [2.24, 2.45) is 0 Å². The van der Waals surface area contributed by atoms with Gasteiger partial charge in [0.15, 0.2) is 5.82 Å². The summed E-state index contributed by atoms with van der Waals surface area (Å²) in [4.78, 5) is 14.7. The maximum absolute atomic E-state index is 10.4. The summed E-state index contributed by atoms with van der Waals surface area (Å²) < 4.78 is 0. The van der Waals surface area contributed by atoms with Crippen molar-refractivity contribution in [3.8, 4) is 11.4 Å². The summed E-state index contributed by atoms with van der Waals surface area (Å²) in [6, 6.07) is 5.52. The molecule has 1 heterocycles. The molecule has 0 saturated carbocycles. The summed E-state index contributed by atoms with van der Waals surface area (Å²) in [7, 11) is 0. The Morgan fingerprint density at radius 3 is 3.06 bits per heavy atom. The first-order valence-corrected chi connectivity index (χ1v) is 6.47. The van der Waals surface area contributed by atoms with Crippen molar-refractivity contribution in [2.75, 3.05) is 5.75 Å². The lowest BCUT2D eigenvalue weighted by Crippen LogP contribution is -1.97. The van der Waals surface area contributed by atoms with Crippen LogP contribution in [0.2, 0.25) is 5.02 Å². The van der Waals surface area contributed by atoms with Gasteiger partial charge in [-0.2, -0.15) is 0 Å². The molecule has 2 aromatic rings. The number of H-pyrrole nitrogens is 1. The fourth-order valence-corrected chi connectivity index (χ4v) is 2.11. The number of benzene rings is 1. The molecule has 1 aromatic heterocycles. The Balaban J connectivity index is 2.24. The number of rotatable bonds is 4. The quantitative estimate of drug-likeness (QED) is 0.843. The van der Waals surface area contributed by atoms with Crippen molar-refractivity contribution < 1.29 is 9.90 Å². The Morgan fingerprint density at radius 1 is 1.56 bits per heavy atom. The number of nitrogens with zero attached hydrogens (tertiary/aromatic N) is 2. The van der Waals surface area contributed by atoms with Crippen molar-refractivity contribution in [3.63, 3.8) is 0 Å². The van der Waals surface area contributed by atoms with Gasteiger partial charge in [0, 0.05) is 10.6 Å². The Morgan fingerprint density at radius 2 is 2.33 bits per heavy atom. The van der Waals surface area contributed by atoms with E-state index in [1.165, 1.54) is 0 Å². The van der Waals surface area contributed by atoms with Crippen LogP contribution < -0.4 is 0 Å². The number of hydrogen-bond acceptors (Lipinski definition) is 4. The van der Waals surface area contributed by atoms with Crippen LogP contribution in [0, 0.1) is 6.92 Å². The van der Waals surface area contributed by atoms with Crippen molar-refractivity contribution in [2.45, 2.75) is 12.1 Å². The van der Waals surface area contributed by atoms with Crippen LogP contribution in [-0.4, -0.2) is 32.0 Å². The number of aromatic nitrogens is 3. The van der Waals surface area contributed by atoms with E-state index < -0.39 is 5.97 Å². The number of aliphatic carboxylic acids is 1. The van der Waals surface area contributed by atoms with E-state index in [9.17, 15) is 4.79 Å². The molecule has 18 heavy (non-hydrogen) atoms. The zero-order chi connectivity index (χ0) is 13.1. The summed E-state index contributed by atoms with van der Waals surface area (Å²) in [5.41, 5.74) is 1.77. The third kappa shape index (κ3) is 2.83. The molecule has 0 aliphatic rings. The molecule has 0 aliphatic carbocycles. The monoisotopic (exact) mass is 283 g/mol. The van der Waals surface area contributed by atoms with E-state index in [1.54, 1.807) is 6.07 Å². The fourth-order valence-electron chi connectivity index (χ4n) is 1.42. The molecule has 2 N–H and O–H groups in total. The van der Waals surface area contributed by atoms with Crippen molar-refractivity contribution >= 4 is 29.3 Å². The molecule has 2 rings (SSSR count). The van der Waals surface area contributed by atoms with Gasteiger partial charge >= 0.3 is 5.97 Å². The Hall–Kier alpha value is -1.53. The fraction of sp³-hybridized carbons (Fsp3) is 0.182. The molecule has 1 aromatic carbocycles. The highest BCUT2D eigenvalue weighted by Gasteiger charge is 2.11. The summed E-state index contributed by atoms with van der Waals surface area (Å²) in [5.74, 6) is -0.376. The van der Waals surface area contributed by atoms with Crippen LogP contribution in [0.3, 0.4) is 0 Å². The normalized spacial score (nSPS) is 10.6. The summed E-state index contributed by atoms with van der Waals surface area (Å²) >= 11 is 7.10. The zero-order valence-electron chi connectivity index (χ0n) is 9.48. The van der Waals surface area contributed by atoms with Gasteiger partial charge in [0.05, 0.1) is 5.75 Å². The number of hydrogen-bond donors (Lipinski definition) is 2. The second-order valence-electron chi connectivity index (χ2n) is 3.56. The molecule has 0 radical (unpaired) electrons. The summed E-state index contributed by atoms with van der Waals surface area (Å²) in [6.45, 7) is 1.89. The molecule has 0 saturated heterocycles. The SMILES string of the molecule is Cc1c(Cl)cccc1-c1nc(SCC(=O)O)n[nH]1. The van der Waals surface area contributed by atoms with E-state index in [4.69, 9.17) is 16.7 Å². The van der Waals surface area contributed by atoms with Crippen LogP contribution in [0.4, 0.5) is 0 Å². The number of halogens is 1. The molecule has 0 bridgehead atoms. The predicted octanol–water partition coefficient (Wildman–Crippen LogP) is 2.61. The van der Waals surface area contributed by atoms with Crippen LogP contribution in [-0.2, 0) is 4.79 Å². The van der Waals surface area contributed by atoms with Crippen molar-refractivity contribution in [1.82, 2.24) is 15.2 Å². The average molecular weight is 284 g/mol. The topological polar surface area (TPSA) is 78.9 Å². The second kappa shape index (κ2) is 5.41. The van der Waals surface area contributed by atoms with Gasteiger partial charge in [-0.15, -0.1) is 5.10 Å². The number of thioether (sulfide) groups is 1. The lowest BCUT2D eigenvalue weighted by molar-refractivity contribution is -0.133. The number of nitrogens with one attached hydrogen (secondary N) is 1. The molecular formula is C11H10ClN3O2S. The molecule has 0 fully saturated rings. The van der Waals surface area contributed by atoms with E-state index in [-0.39, 0.29) is 5.75 Å². The minimum absolute atomic E-state index is 0.0637. The zero-order valence-corrected chi connectivity index (χ0v) is 11.0. The van der Waals surface area contributed by atoms with Crippen LogP contribution in [0.25, 0.3) is 11.4 Å². The third-order valence-corrected chi connectivity index (χ3v) is 3.55. The summed E-state index contributed by atoms with van der Waals surface area (Å²) in [6.07, 6.45) is 0. The van der Waals surface area contributed by atoms with E-state index >= 15 is 0 Å². The molecule has 0 atom stereocenters. The molecule has 0 spiro atoms. The largest absolute Gasteiger partial charge is 0.481 e. The highest BCUT2D eigenvalue weighted by atomic mass is 35.5. The van der Waals surface area contributed by atoms with Gasteiger partial charge in [-0.1, -0.05) is 35.5 Å².